The second kappa shape index (κ2) is 4.53. The summed E-state index contributed by atoms with van der Waals surface area (Å²) in [5, 5.41) is 5.55. The summed E-state index contributed by atoms with van der Waals surface area (Å²) < 4.78 is 24.9. The van der Waals surface area contributed by atoms with E-state index in [1.165, 1.54) is 0 Å². The topological polar surface area (TPSA) is 41.1 Å². The minimum absolute atomic E-state index is 0.0275. The van der Waals surface area contributed by atoms with E-state index >= 15 is 0 Å². The molecule has 5 heteroatoms. The van der Waals surface area contributed by atoms with Gasteiger partial charge in [0, 0.05) is 18.5 Å². The van der Waals surface area contributed by atoms with Gasteiger partial charge >= 0.3 is 0 Å². The minimum Gasteiger partial charge on any atom is -0.313 e. The molecule has 2 unspecified atom stereocenters. The number of halogens is 2. The number of alkyl halides is 2. The van der Waals surface area contributed by atoms with Crippen molar-refractivity contribution in [2.75, 3.05) is 13.1 Å². The summed E-state index contributed by atoms with van der Waals surface area (Å²) >= 11 is 0. The zero-order valence-electron chi connectivity index (χ0n) is 9.31. The molecule has 0 spiro atoms. The van der Waals surface area contributed by atoms with Crippen LogP contribution in [0.4, 0.5) is 8.78 Å². The van der Waals surface area contributed by atoms with Gasteiger partial charge < -0.3 is 5.32 Å². The zero-order valence-corrected chi connectivity index (χ0v) is 9.31. The molecular formula is C10H18F2N2O. The second-order valence-electron chi connectivity index (χ2n) is 4.93. The van der Waals surface area contributed by atoms with Crippen LogP contribution in [0.2, 0.25) is 0 Å². The number of rotatable bonds is 2. The van der Waals surface area contributed by atoms with E-state index in [1.807, 2.05) is 0 Å². The fourth-order valence-corrected chi connectivity index (χ4v) is 1.61. The van der Waals surface area contributed by atoms with Crippen LogP contribution in [0.25, 0.3) is 0 Å². The van der Waals surface area contributed by atoms with Gasteiger partial charge in [0.25, 0.3) is 6.43 Å². The molecule has 0 aromatic heterocycles. The zero-order chi connectivity index (χ0) is 11.6. The number of ketones is 1. The summed E-state index contributed by atoms with van der Waals surface area (Å²) in [6.07, 6.45) is -2.44. The van der Waals surface area contributed by atoms with E-state index in [0.717, 1.165) is 0 Å². The van der Waals surface area contributed by atoms with Gasteiger partial charge in [-0.25, -0.2) is 8.78 Å². The molecule has 88 valence electrons. The summed E-state index contributed by atoms with van der Waals surface area (Å²) in [6.45, 7) is 6.03. The molecule has 0 aliphatic carbocycles. The molecule has 3 nitrogen and oxygen atoms in total. The Kier molecular flexibility index (Phi) is 3.78. The smallest absolute Gasteiger partial charge is 0.254 e. The largest absolute Gasteiger partial charge is 0.313 e. The molecule has 1 aliphatic heterocycles. The van der Waals surface area contributed by atoms with E-state index in [1.54, 1.807) is 20.8 Å². The number of carbonyl (C=O) groups excluding carboxylic acids is 1. The van der Waals surface area contributed by atoms with Crippen LogP contribution in [0, 0.1) is 5.41 Å². The van der Waals surface area contributed by atoms with E-state index in [4.69, 9.17) is 0 Å². The molecule has 1 fully saturated rings. The van der Waals surface area contributed by atoms with Crippen LogP contribution >= 0.6 is 0 Å². The highest BCUT2D eigenvalue weighted by Crippen LogP contribution is 2.18. The first kappa shape index (κ1) is 12.5. The van der Waals surface area contributed by atoms with Crippen LogP contribution < -0.4 is 10.6 Å². The van der Waals surface area contributed by atoms with Gasteiger partial charge in [-0.1, -0.05) is 20.8 Å². The molecule has 0 radical (unpaired) electrons. The van der Waals surface area contributed by atoms with E-state index in [2.05, 4.69) is 10.6 Å². The summed E-state index contributed by atoms with van der Waals surface area (Å²) in [5.74, 6) is -0.0275. The summed E-state index contributed by atoms with van der Waals surface area (Å²) in [7, 11) is 0. The van der Waals surface area contributed by atoms with Crippen LogP contribution in [-0.2, 0) is 4.79 Å². The van der Waals surface area contributed by atoms with Gasteiger partial charge in [-0.15, -0.1) is 0 Å². The fourth-order valence-electron chi connectivity index (χ4n) is 1.61. The molecule has 0 aromatic carbocycles. The Morgan fingerprint density at radius 3 is 2.40 bits per heavy atom. The van der Waals surface area contributed by atoms with Gasteiger partial charge in [0.2, 0.25) is 0 Å². The number of Topliss-reactive ketones (excluding diaryl/α,β-unsaturated/α-hetero) is 1. The van der Waals surface area contributed by atoms with Gasteiger partial charge in [0.05, 0.1) is 12.1 Å². The van der Waals surface area contributed by atoms with Crippen molar-refractivity contribution in [3.63, 3.8) is 0 Å². The third-order valence-corrected chi connectivity index (χ3v) is 2.49. The maximum Gasteiger partial charge on any atom is 0.254 e. The van der Waals surface area contributed by atoms with E-state index in [0.29, 0.717) is 6.54 Å². The highest BCUT2D eigenvalue weighted by molar-refractivity contribution is 5.89. The van der Waals surface area contributed by atoms with Crippen LogP contribution in [0.3, 0.4) is 0 Å². The van der Waals surface area contributed by atoms with Crippen LogP contribution in [-0.4, -0.2) is 37.4 Å². The monoisotopic (exact) mass is 220 g/mol. The molecule has 0 saturated carbocycles. The van der Waals surface area contributed by atoms with Gasteiger partial charge in [-0.2, -0.15) is 0 Å². The lowest BCUT2D eigenvalue weighted by Crippen LogP contribution is -2.61. The third kappa shape index (κ3) is 3.21. The number of hydrogen-bond donors (Lipinski definition) is 2. The quantitative estimate of drug-likeness (QED) is 0.723. The van der Waals surface area contributed by atoms with E-state index in [-0.39, 0.29) is 12.3 Å². The Balaban J connectivity index is 2.60. The maximum absolute atomic E-state index is 12.4. The Morgan fingerprint density at radius 1 is 1.33 bits per heavy atom. The Morgan fingerprint density at radius 2 is 1.93 bits per heavy atom. The van der Waals surface area contributed by atoms with Crippen LogP contribution in [0.5, 0.6) is 0 Å². The lowest BCUT2D eigenvalue weighted by Gasteiger charge is -2.33. The normalized spacial score (nSPS) is 28.1. The first-order valence-electron chi connectivity index (χ1n) is 5.11. The van der Waals surface area contributed by atoms with E-state index in [9.17, 15) is 13.6 Å². The number of carbonyl (C=O) groups is 1. The van der Waals surface area contributed by atoms with Crippen molar-refractivity contribution in [3.05, 3.63) is 0 Å². The summed E-state index contributed by atoms with van der Waals surface area (Å²) in [4.78, 5) is 11.8. The predicted molar refractivity (Wildman–Crippen MR) is 54.0 cm³/mol. The molecule has 0 amide bonds. The Hall–Kier alpha value is -0.550. The van der Waals surface area contributed by atoms with Crippen molar-refractivity contribution < 1.29 is 13.6 Å². The SMILES string of the molecule is CC(C)(C)C(=O)C1CNCC(C(F)F)N1. The lowest BCUT2D eigenvalue weighted by atomic mass is 9.85. The number of piperazine rings is 1. The molecule has 2 atom stereocenters. The summed E-state index contributed by atoms with van der Waals surface area (Å²) in [5.41, 5.74) is -0.497. The van der Waals surface area contributed by atoms with Crippen molar-refractivity contribution in [1.82, 2.24) is 10.6 Å². The molecule has 0 bridgehead atoms. The highest BCUT2D eigenvalue weighted by atomic mass is 19.3. The number of nitrogens with one attached hydrogen (secondary N) is 2. The van der Waals surface area contributed by atoms with Gasteiger partial charge in [0.1, 0.15) is 0 Å². The molecule has 1 rings (SSSR count). The third-order valence-electron chi connectivity index (χ3n) is 2.49. The Bertz CT molecular complexity index is 238. The van der Waals surface area contributed by atoms with Crippen LogP contribution in [0.1, 0.15) is 20.8 Å². The fraction of sp³-hybridized carbons (Fsp3) is 0.900. The molecule has 1 aliphatic rings. The standard InChI is InChI=1S/C10H18F2N2O/c1-10(2,3)8(15)6-4-13-5-7(14-6)9(11)12/h6-7,9,13-14H,4-5H2,1-3H3. The molecule has 2 N–H and O–H groups in total. The van der Waals surface area contributed by atoms with Crippen molar-refractivity contribution >= 4 is 5.78 Å². The van der Waals surface area contributed by atoms with Crippen molar-refractivity contribution in [2.24, 2.45) is 5.41 Å². The van der Waals surface area contributed by atoms with E-state index < -0.39 is 23.9 Å². The molecule has 0 aromatic rings. The minimum atomic E-state index is -2.44. The van der Waals surface area contributed by atoms with Crippen LogP contribution in [0.15, 0.2) is 0 Å². The van der Waals surface area contributed by atoms with Gasteiger partial charge in [-0.05, 0) is 0 Å². The van der Waals surface area contributed by atoms with Crippen molar-refractivity contribution in [2.45, 2.75) is 39.3 Å². The van der Waals surface area contributed by atoms with Gasteiger partial charge in [0.15, 0.2) is 5.78 Å². The first-order valence-corrected chi connectivity index (χ1v) is 5.11. The molecule has 15 heavy (non-hydrogen) atoms. The lowest BCUT2D eigenvalue weighted by molar-refractivity contribution is -0.129. The summed E-state index contributed by atoms with van der Waals surface area (Å²) in [6, 6.07) is -1.42. The first-order chi connectivity index (χ1) is 6.82. The molecule has 1 heterocycles. The second-order valence-corrected chi connectivity index (χ2v) is 4.93. The predicted octanol–water partition coefficient (Wildman–Crippen LogP) is 0.797. The number of hydrogen-bond acceptors (Lipinski definition) is 3. The van der Waals surface area contributed by atoms with Crippen molar-refractivity contribution in [3.8, 4) is 0 Å². The average Bonchev–Trinajstić information content (AvgIpc) is 2.15. The Labute approximate surface area is 88.6 Å². The van der Waals surface area contributed by atoms with Gasteiger partial charge in [-0.3, -0.25) is 10.1 Å². The highest BCUT2D eigenvalue weighted by Gasteiger charge is 2.35. The average molecular weight is 220 g/mol. The molecular weight excluding hydrogens is 202 g/mol. The van der Waals surface area contributed by atoms with Crippen molar-refractivity contribution in [1.29, 1.82) is 0 Å². The molecule has 1 saturated heterocycles. The maximum atomic E-state index is 12.4.